The number of nitriles is 1. The third kappa shape index (κ3) is 1.81. The molecular formula is C13H12ClN3. The predicted molar refractivity (Wildman–Crippen MR) is 67.8 cm³/mol. The largest absolute Gasteiger partial charge is 0.343 e. The van der Waals surface area contributed by atoms with E-state index in [2.05, 4.69) is 15.6 Å². The molecule has 0 aromatic carbocycles. The summed E-state index contributed by atoms with van der Waals surface area (Å²) >= 11 is 6.28. The molecule has 0 radical (unpaired) electrons. The van der Waals surface area contributed by atoms with Crippen LogP contribution in [0.3, 0.4) is 0 Å². The zero-order chi connectivity index (χ0) is 12.4. The molecule has 0 spiro atoms. The van der Waals surface area contributed by atoms with Crippen molar-refractivity contribution in [1.29, 1.82) is 5.26 Å². The number of aromatic nitrogens is 2. The molecule has 2 aromatic heterocycles. The van der Waals surface area contributed by atoms with Crippen LogP contribution in [0.25, 0.3) is 11.3 Å². The van der Waals surface area contributed by atoms with Crippen molar-refractivity contribution in [2.75, 3.05) is 0 Å². The normalized spacial score (nSPS) is 10.2. The molecule has 0 fully saturated rings. The van der Waals surface area contributed by atoms with E-state index < -0.39 is 0 Å². The Morgan fingerprint density at radius 1 is 1.41 bits per heavy atom. The Balaban J connectivity index is 2.75. The van der Waals surface area contributed by atoms with E-state index in [1.807, 2.05) is 26.0 Å². The molecule has 2 rings (SSSR count). The van der Waals surface area contributed by atoms with Crippen molar-refractivity contribution in [1.82, 2.24) is 9.55 Å². The highest BCUT2D eigenvalue weighted by atomic mass is 35.5. The molecule has 4 heteroatoms. The molecule has 0 N–H and O–H groups in total. The minimum atomic E-state index is 0.526. The van der Waals surface area contributed by atoms with Crippen molar-refractivity contribution in [3.05, 3.63) is 40.8 Å². The molecule has 2 heterocycles. The molecule has 0 aliphatic heterocycles. The van der Waals surface area contributed by atoms with Crippen molar-refractivity contribution in [2.45, 2.75) is 20.4 Å². The number of hydrogen-bond donors (Lipinski definition) is 0. The van der Waals surface area contributed by atoms with Crippen molar-refractivity contribution in [3.63, 3.8) is 0 Å². The van der Waals surface area contributed by atoms with Crippen molar-refractivity contribution < 1.29 is 0 Å². The lowest BCUT2D eigenvalue weighted by Gasteiger charge is -2.08. The third-order valence-corrected chi connectivity index (χ3v) is 3.21. The zero-order valence-electron chi connectivity index (χ0n) is 9.74. The van der Waals surface area contributed by atoms with Crippen molar-refractivity contribution >= 4 is 11.6 Å². The monoisotopic (exact) mass is 245 g/mol. The van der Waals surface area contributed by atoms with Crippen LogP contribution in [-0.2, 0) is 6.54 Å². The van der Waals surface area contributed by atoms with E-state index in [0.29, 0.717) is 10.6 Å². The van der Waals surface area contributed by atoms with Gasteiger partial charge in [-0.2, -0.15) is 5.26 Å². The summed E-state index contributed by atoms with van der Waals surface area (Å²) in [5.41, 5.74) is 3.34. The molecule has 0 aliphatic rings. The number of rotatable bonds is 2. The van der Waals surface area contributed by atoms with Crippen LogP contribution in [0.5, 0.6) is 0 Å². The lowest BCUT2D eigenvalue weighted by Crippen LogP contribution is -1.99. The van der Waals surface area contributed by atoms with Crippen molar-refractivity contribution in [2.24, 2.45) is 0 Å². The molecule has 0 saturated heterocycles. The highest BCUT2D eigenvalue weighted by molar-refractivity contribution is 6.34. The molecule has 17 heavy (non-hydrogen) atoms. The SMILES string of the molecule is CCn1c(C)c(C#N)c(Cl)c1-c1ccncc1. The summed E-state index contributed by atoms with van der Waals surface area (Å²) in [6.45, 7) is 4.73. The summed E-state index contributed by atoms with van der Waals surface area (Å²) in [7, 11) is 0. The Morgan fingerprint density at radius 2 is 2.06 bits per heavy atom. The van der Waals surface area contributed by atoms with Crippen LogP contribution in [0.2, 0.25) is 5.02 Å². The van der Waals surface area contributed by atoms with Gasteiger partial charge in [-0.1, -0.05) is 11.6 Å². The summed E-state index contributed by atoms with van der Waals surface area (Å²) in [5, 5.41) is 9.65. The fraction of sp³-hybridized carbons (Fsp3) is 0.231. The van der Waals surface area contributed by atoms with Gasteiger partial charge in [-0.25, -0.2) is 0 Å². The molecule has 0 bridgehead atoms. The predicted octanol–water partition coefficient (Wildman–Crippen LogP) is 3.40. The van der Waals surface area contributed by atoms with Gasteiger partial charge in [0.2, 0.25) is 0 Å². The lowest BCUT2D eigenvalue weighted by atomic mass is 10.2. The molecule has 0 saturated carbocycles. The average Bonchev–Trinajstić information content (AvgIpc) is 2.61. The molecule has 2 aromatic rings. The van der Waals surface area contributed by atoms with Crippen molar-refractivity contribution in [3.8, 4) is 17.3 Å². The number of halogens is 1. The van der Waals surface area contributed by atoms with E-state index in [1.165, 1.54) is 0 Å². The van der Waals surface area contributed by atoms with Gasteiger partial charge < -0.3 is 4.57 Å². The van der Waals surface area contributed by atoms with Gasteiger partial charge in [-0.05, 0) is 26.0 Å². The van der Waals surface area contributed by atoms with Gasteiger partial charge in [0.15, 0.2) is 0 Å². The maximum atomic E-state index is 9.12. The Kier molecular flexibility index (Phi) is 3.16. The maximum absolute atomic E-state index is 9.12. The van der Waals surface area contributed by atoms with Gasteiger partial charge in [0.25, 0.3) is 0 Å². The van der Waals surface area contributed by atoms with E-state index >= 15 is 0 Å². The summed E-state index contributed by atoms with van der Waals surface area (Å²) in [5.74, 6) is 0. The van der Waals surface area contributed by atoms with Crippen LogP contribution in [-0.4, -0.2) is 9.55 Å². The summed E-state index contributed by atoms with van der Waals surface area (Å²) < 4.78 is 2.05. The average molecular weight is 246 g/mol. The molecule has 0 aliphatic carbocycles. The molecule has 3 nitrogen and oxygen atoms in total. The van der Waals surface area contributed by atoms with Crippen LogP contribution in [0.1, 0.15) is 18.2 Å². The first-order valence-electron chi connectivity index (χ1n) is 5.39. The van der Waals surface area contributed by atoms with E-state index in [1.54, 1.807) is 12.4 Å². The van der Waals surface area contributed by atoms with Gasteiger partial charge in [0, 0.05) is 30.2 Å². The molecular weight excluding hydrogens is 234 g/mol. The first-order chi connectivity index (χ1) is 8.20. The second-order valence-electron chi connectivity index (χ2n) is 3.71. The van der Waals surface area contributed by atoms with Gasteiger partial charge in [-0.15, -0.1) is 0 Å². The maximum Gasteiger partial charge on any atom is 0.103 e. The molecule has 0 atom stereocenters. The van der Waals surface area contributed by atoms with Gasteiger partial charge in [0.05, 0.1) is 16.3 Å². The second-order valence-corrected chi connectivity index (χ2v) is 4.09. The molecule has 0 amide bonds. The minimum Gasteiger partial charge on any atom is -0.343 e. The number of nitrogens with zero attached hydrogens (tertiary/aromatic N) is 3. The van der Waals surface area contributed by atoms with E-state index in [9.17, 15) is 0 Å². The fourth-order valence-corrected chi connectivity index (χ4v) is 2.41. The van der Waals surface area contributed by atoms with Crippen LogP contribution >= 0.6 is 11.6 Å². The van der Waals surface area contributed by atoms with Gasteiger partial charge in [-0.3, -0.25) is 4.98 Å². The quantitative estimate of drug-likeness (QED) is 0.814. The Bertz CT molecular complexity index is 579. The van der Waals surface area contributed by atoms with Crippen LogP contribution in [0.4, 0.5) is 0 Å². The fourth-order valence-electron chi connectivity index (χ4n) is 2.02. The minimum absolute atomic E-state index is 0.526. The first-order valence-corrected chi connectivity index (χ1v) is 5.77. The standard InChI is InChI=1S/C13H12ClN3/c1-3-17-9(2)11(8-15)12(14)13(17)10-4-6-16-7-5-10/h4-7H,3H2,1-2H3. The lowest BCUT2D eigenvalue weighted by molar-refractivity contribution is 0.749. The Hall–Kier alpha value is -1.79. The Labute approximate surface area is 105 Å². The summed E-state index contributed by atoms with van der Waals surface area (Å²) in [6, 6.07) is 5.95. The molecule has 0 unspecified atom stereocenters. The van der Waals surface area contributed by atoms with E-state index in [-0.39, 0.29) is 0 Å². The van der Waals surface area contributed by atoms with Gasteiger partial charge >= 0.3 is 0 Å². The number of pyridine rings is 1. The van der Waals surface area contributed by atoms with Crippen LogP contribution in [0.15, 0.2) is 24.5 Å². The van der Waals surface area contributed by atoms with E-state index in [0.717, 1.165) is 23.5 Å². The van der Waals surface area contributed by atoms with E-state index in [4.69, 9.17) is 16.9 Å². The highest BCUT2D eigenvalue weighted by Gasteiger charge is 2.18. The topological polar surface area (TPSA) is 41.6 Å². The third-order valence-electron chi connectivity index (χ3n) is 2.85. The summed E-state index contributed by atoms with van der Waals surface area (Å²) in [4.78, 5) is 3.99. The highest BCUT2D eigenvalue weighted by Crippen LogP contribution is 2.34. The zero-order valence-corrected chi connectivity index (χ0v) is 10.5. The van der Waals surface area contributed by atoms with Crippen LogP contribution < -0.4 is 0 Å². The second kappa shape index (κ2) is 4.60. The smallest absolute Gasteiger partial charge is 0.103 e. The molecule has 86 valence electrons. The summed E-state index contributed by atoms with van der Waals surface area (Å²) in [6.07, 6.45) is 3.44. The number of hydrogen-bond acceptors (Lipinski definition) is 2. The first kappa shape index (κ1) is 11.7. The Morgan fingerprint density at radius 3 is 2.59 bits per heavy atom. The van der Waals surface area contributed by atoms with Gasteiger partial charge in [0.1, 0.15) is 6.07 Å². The van der Waals surface area contributed by atoms with Crippen LogP contribution in [0, 0.1) is 18.3 Å².